The van der Waals surface area contributed by atoms with E-state index >= 15 is 0 Å². The number of nitrogens with zero attached hydrogens (tertiary/aromatic N) is 1. The molecule has 104 valence electrons. The number of aryl methyl sites for hydroxylation is 1. The first-order valence-corrected chi connectivity index (χ1v) is 6.64. The summed E-state index contributed by atoms with van der Waals surface area (Å²) in [4.78, 5) is 25.6. The number of amides is 2. The van der Waals surface area contributed by atoms with Crippen LogP contribution in [0.5, 0.6) is 0 Å². The van der Waals surface area contributed by atoms with Gasteiger partial charge in [-0.2, -0.15) is 0 Å². The highest BCUT2D eigenvalue weighted by atomic mass is 16.2. The maximum absolute atomic E-state index is 12.2. The quantitative estimate of drug-likeness (QED) is 0.620. The van der Waals surface area contributed by atoms with Crippen molar-refractivity contribution < 1.29 is 9.59 Å². The van der Waals surface area contributed by atoms with E-state index < -0.39 is 0 Å². The molecule has 4 heteroatoms. The topological polar surface area (TPSA) is 63.4 Å². The number of rotatable bonds is 1. The molecule has 1 aromatic rings. The van der Waals surface area contributed by atoms with Gasteiger partial charge < -0.3 is 5.73 Å². The molecule has 1 saturated heterocycles. The largest absolute Gasteiger partial charge is 0.320 e. The minimum absolute atomic E-state index is 0.136. The van der Waals surface area contributed by atoms with Crippen LogP contribution in [-0.2, 0) is 9.59 Å². The van der Waals surface area contributed by atoms with E-state index in [0.29, 0.717) is 12.2 Å². The summed E-state index contributed by atoms with van der Waals surface area (Å²) in [7, 11) is 0. The molecule has 20 heavy (non-hydrogen) atoms. The molecule has 1 aliphatic heterocycles. The van der Waals surface area contributed by atoms with Gasteiger partial charge in [0, 0.05) is 17.4 Å². The van der Waals surface area contributed by atoms with Gasteiger partial charge >= 0.3 is 0 Å². The molecule has 0 aromatic heterocycles. The van der Waals surface area contributed by atoms with Gasteiger partial charge in [0.25, 0.3) is 0 Å². The lowest BCUT2D eigenvalue weighted by atomic mass is 10.00. The van der Waals surface area contributed by atoms with Crippen LogP contribution >= 0.6 is 0 Å². The molecule has 4 nitrogen and oxygen atoms in total. The first-order chi connectivity index (χ1) is 9.47. The van der Waals surface area contributed by atoms with Crippen LogP contribution in [0, 0.1) is 30.6 Å². The fraction of sp³-hybridized carbons (Fsp3) is 0.375. The lowest BCUT2D eigenvalue weighted by Crippen LogP contribution is -2.30. The summed E-state index contributed by atoms with van der Waals surface area (Å²) < 4.78 is 0. The average Bonchev–Trinajstić information content (AvgIpc) is 2.62. The van der Waals surface area contributed by atoms with Crippen molar-refractivity contribution in [1.82, 2.24) is 0 Å². The zero-order valence-corrected chi connectivity index (χ0v) is 11.9. The molecule has 0 aliphatic carbocycles. The summed E-state index contributed by atoms with van der Waals surface area (Å²) in [6, 6.07) is 5.40. The molecule has 1 heterocycles. The van der Waals surface area contributed by atoms with Crippen molar-refractivity contribution in [2.45, 2.75) is 20.8 Å². The third-order valence-corrected chi connectivity index (χ3v) is 3.76. The molecule has 0 radical (unpaired) electrons. The fourth-order valence-corrected chi connectivity index (χ4v) is 2.27. The smallest absolute Gasteiger partial charge is 0.237 e. The molecule has 1 aromatic carbocycles. The molecule has 2 unspecified atom stereocenters. The number of anilines is 1. The zero-order valence-electron chi connectivity index (χ0n) is 11.9. The Morgan fingerprint density at radius 3 is 2.30 bits per heavy atom. The molecule has 0 bridgehead atoms. The van der Waals surface area contributed by atoms with Crippen LogP contribution in [-0.4, -0.2) is 18.4 Å². The Morgan fingerprint density at radius 2 is 1.80 bits per heavy atom. The third kappa shape index (κ3) is 2.33. The van der Waals surface area contributed by atoms with Crippen LogP contribution in [0.15, 0.2) is 18.2 Å². The standard InChI is InChI=1S/C16H18N2O2/c1-10-9-14(7-6-13(10)5-4-8-17)18-15(19)11(2)12(3)16(18)20/h6-7,9,11-12H,8,17H2,1-3H3. The molecule has 2 atom stereocenters. The Kier molecular flexibility index (Phi) is 3.91. The summed E-state index contributed by atoms with van der Waals surface area (Å²) >= 11 is 0. The minimum Gasteiger partial charge on any atom is -0.320 e. The molecular weight excluding hydrogens is 252 g/mol. The summed E-state index contributed by atoms with van der Waals surface area (Å²) in [6.07, 6.45) is 0. The average molecular weight is 270 g/mol. The van der Waals surface area contributed by atoms with Gasteiger partial charge in [-0.1, -0.05) is 25.7 Å². The molecule has 1 fully saturated rings. The van der Waals surface area contributed by atoms with E-state index in [1.807, 2.05) is 19.1 Å². The summed E-state index contributed by atoms with van der Waals surface area (Å²) in [6.45, 7) is 5.79. The fourth-order valence-electron chi connectivity index (χ4n) is 2.27. The predicted molar refractivity (Wildman–Crippen MR) is 77.9 cm³/mol. The normalized spacial score (nSPS) is 21.9. The summed E-state index contributed by atoms with van der Waals surface area (Å²) in [5.41, 5.74) is 7.76. The lowest BCUT2D eigenvalue weighted by molar-refractivity contribution is -0.122. The molecule has 2 N–H and O–H groups in total. The van der Waals surface area contributed by atoms with Crippen molar-refractivity contribution in [2.75, 3.05) is 11.4 Å². The maximum Gasteiger partial charge on any atom is 0.237 e. The summed E-state index contributed by atoms with van der Waals surface area (Å²) in [5.74, 6) is 4.96. The molecule has 1 aliphatic rings. The number of carbonyl (C=O) groups is 2. The van der Waals surface area contributed by atoms with Crippen LogP contribution in [0.2, 0.25) is 0 Å². The van der Waals surface area contributed by atoms with Gasteiger partial charge in [0.1, 0.15) is 0 Å². The molecular formula is C16H18N2O2. The predicted octanol–water partition coefficient (Wildman–Crippen LogP) is 1.45. The first kappa shape index (κ1) is 14.3. The number of hydrogen-bond acceptors (Lipinski definition) is 3. The maximum atomic E-state index is 12.2. The number of imide groups is 1. The van der Waals surface area contributed by atoms with E-state index in [4.69, 9.17) is 5.73 Å². The highest BCUT2D eigenvalue weighted by molar-refractivity contribution is 6.21. The van der Waals surface area contributed by atoms with Crippen molar-refractivity contribution in [3.8, 4) is 11.8 Å². The highest BCUT2D eigenvalue weighted by Crippen LogP contribution is 2.31. The van der Waals surface area contributed by atoms with Crippen LogP contribution < -0.4 is 10.6 Å². The van der Waals surface area contributed by atoms with Crippen LogP contribution in [0.3, 0.4) is 0 Å². The Morgan fingerprint density at radius 1 is 1.20 bits per heavy atom. The van der Waals surface area contributed by atoms with Gasteiger partial charge in [0.15, 0.2) is 0 Å². The van der Waals surface area contributed by atoms with E-state index in [2.05, 4.69) is 11.8 Å². The van der Waals surface area contributed by atoms with E-state index in [1.165, 1.54) is 4.90 Å². The summed E-state index contributed by atoms with van der Waals surface area (Å²) in [5, 5.41) is 0. The molecule has 0 saturated carbocycles. The second-order valence-electron chi connectivity index (χ2n) is 5.09. The molecule has 2 rings (SSSR count). The van der Waals surface area contributed by atoms with Crippen molar-refractivity contribution >= 4 is 17.5 Å². The van der Waals surface area contributed by atoms with Crippen molar-refractivity contribution in [3.05, 3.63) is 29.3 Å². The second kappa shape index (κ2) is 5.48. The molecule has 0 spiro atoms. The third-order valence-electron chi connectivity index (χ3n) is 3.76. The van der Waals surface area contributed by atoms with Crippen LogP contribution in [0.25, 0.3) is 0 Å². The minimum atomic E-state index is -0.264. The van der Waals surface area contributed by atoms with Gasteiger partial charge in [0.2, 0.25) is 11.8 Å². The second-order valence-corrected chi connectivity index (χ2v) is 5.09. The molecule has 2 amide bonds. The SMILES string of the molecule is Cc1cc(N2C(=O)C(C)C(C)C2=O)ccc1C#CCN. The number of nitrogens with two attached hydrogens (primary N) is 1. The highest BCUT2D eigenvalue weighted by Gasteiger charge is 2.43. The number of benzene rings is 1. The Hall–Kier alpha value is -2.12. The van der Waals surface area contributed by atoms with Gasteiger partial charge in [-0.25, -0.2) is 0 Å². The first-order valence-electron chi connectivity index (χ1n) is 6.64. The monoisotopic (exact) mass is 270 g/mol. The Balaban J connectivity index is 2.38. The number of hydrogen-bond donors (Lipinski definition) is 1. The lowest BCUT2D eigenvalue weighted by Gasteiger charge is -2.15. The van der Waals surface area contributed by atoms with Gasteiger partial charge in [-0.05, 0) is 30.7 Å². The van der Waals surface area contributed by atoms with E-state index in [1.54, 1.807) is 19.9 Å². The Labute approximate surface area is 118 Å². The zero-order chi connectivity index (χ0) is 14.9. The number of carbonyl (C=O) groups excluding carboxylic acids is 2. The van der Waals surface area contributed by atoms with Crippen molar-refractivity contribution in [1.29, 1.82) is 0 Å². The van der Waals surface area contributed by atoms with E-state index in [0.717, 1.165) is 11.1 Å². The van der Waals surface area contributed by atoms with Crippen molar-refractivity contribution in [2.24, 2.45) is 17.6 Å². The van der Waals surface area contributed by atoms with Crippen LogP contribution in [0.4, 0.5) is 5.69 Å². The Bertz CT molecular complexity index is 605. The van der Waals surface area contributed by atoms with Gasteiger partial charge in [0.05, 0.1) is 12.2 Å². The van der Waals surface area contributed by atoms with Crippen molar-refractivity contribution in [3.63, 3.8) is 0 Å². The van der Waals surface area contributed by atoms with E-state index in [-0.39, 0.29) is 23.7 Å². The van der Waals surface area contributed by atoms with Gasteiger partial charge in [-0.15, -0.1) is 0 Å². The van der Waals surface area contributed by atoms with Crippen LogP contribution in [0.1, 0.15) is 25.0 Å². The van der Waals surface area contributed by atoms with Gasteiger partial charge in [-0.3, -0.25) is 14.5 Å². The van der Waals surface area contributed by atoms with E-state index in [9.17, 15) is 9.59 Å².